The molecular weight excluding hydrogens is 428 g/mol. The highest BCUT2D eigenvalue weighted by Crippen LogP contribution is 2.20. The van der Waals surface area contributed by atoms with Crippen LogP contribution in [0.3, 0.4) is 0 Å². The number of halogens is 1. The summed E-state index contributed by atoms with van der Waals surface area (Å²) < 4.78 is 16.8. The van der Waals surface area contributed by atoms with Crippen LogP contribution >= 0.6 is 11.6 Å². The van der Waals surface area contributed by atoms with Crippen LogP contribution in [0.4, 0.5) is 0 Å². The quantitative estimate of drug-likeness (QED) is 0.359. The summed E-state index contributed by atoms with van der Waals surface area (Å²) in [5, 5.41) is 0.607. The van der Waals surface area contributed by atoms with Gasteiger partial charge in [0.1, 0.15) is 17.0 Å². The molecule has 32 heavy (non-hydrogen) atoms. The molecule has 0 aliphatic rings. The molecule has 164 valence electrons. The second-order valence-corrected chi connectivity index (χ2v) is 7.86. The SMILES string of the molecule is COc1ccc(CN(Cc2nc3cc(C)ccc3o2)C(=O)COc2ccc(Cl)cc2)cc1. The van der Waals surface area contributed by atoms with E-state index in [9.17, 15) is 4.79 Å². The van der Waals surface area contributed by atoms with Crippen molar-refractivity contribution in [3.63, 3.8) is 0 Å². The van der Waals surface area contributed by atoms with E-state index in [4.69, 9.17) is 25.5 Å². The van der Waals surface area contributed by atoms with Crippen LogP contribution in [-0.2, 0) is 17.9 Å². The summed E-state index contributed by atoms with van der Waals surface area (Å²) in [7, 11) is 1.62. The second-order valence-electron chi connectivity index (χ2n) is 7.42. The Morgan fingerprint density at radius 3 is 2.44 bits per heavy atom. The van der Waals surface area contributed by atoms with E-state index in [1.54, 1.807) is 36.3 Å². The lowest BCUT2D eigenvalue weighted by Gasteiger charge is -2.21. The lowest BCUT2D eigenvalue weighted by atomic mass is 10.2. The molecule has 0 unspecified atom stereocenters. The average Bonchev–Trinajstić information content (AvgIpc) is 3.20. The number of hydrogen-bond donors (Lipinski definition) is 0. The molecule has 0 aliphatic heterocycles. The summed E-state index contributed by atoms with van der Waals surface area (Å²) in [4.78, 5) is 19.3. The number of methoxy groups -OCH3 is 1. The van der Waals surface area contributed by atoms with Crippen LogP contribution in [-0.4, -0.2) is 29.5 Å². The van der Waals surface area contributed by atoms with E-state index in [0.29, 0.717) is 28.8 Å². The summed E-state index contributed by atoms with van der Waals surface area (Å²) in [6.07, 6.45) is 0. The Morgan fingerprint density at radius 2 is 1.72 bits per heavy atom. The maximum absolute atomic E-state index is 13.1. The van der Waals surface area contributed by atoms with Crippen molar-refractivity contribution in [2.45, 2.75) is 20.0 Å². The molecule has 0 atom stereocenters. The van der Waals surface area contributed by atoms with E-state index in [2.05, 4.69) is 4.98 Å². The summed E-state index contributed by atoms with van der Waals surface area (Å²) in [6.45, 7) is 2.49. The van der Waals surface area contributed by atoms with E-state index < -0.39 is 0 Å². The molecule has 0 fully saturated rings. The van der Waals surface area contributed by atoms with Gasteiger partial charge in [0.15, 0.2) is 12.2 Å². The van der Waals surface area contributed by atoms with Crippen molar-refractivity contribution < 1.29 is 18.7 Å². The van der Waals surface area contributed by atoms with Crippen molar-refractivity contribution in [1.29, 1.82) is 0 Å². The number of hydrogen-bond acceptors (Lipinski definition) is 5. The Labute approximate surface area is 191 Å². The maximum Gasteiger partial charge on any atom is 0.261 e. The fourth-order valence-corrected chi connectivity index (χ4v) is 3.39. The summed E-state index contributed by atoms with van der Waals surface area (Å²) >= 11 is 5.91. The summed E-state index contributed by atoms with van der Waals surface area (Å²) in [6, 6.07) is 20.3. The number of carbonyl (C=O) groups excluding carboxylic acids is 1. The maximum atomic E-state index is 13.1. The topological polar surface area (TPSA) is 64.8 Å². The Kier molecular flexibility index (Phi) is 6.61. The van der Waals surface area contributed by atoms with Crippen molar-refractivity contribution in [1.82, 2.24) is 9.88 Å². The van der Waals surface area contributed by atoms with Gasteiger partial charge in [-0.25, -0.2) is 4.98 Å². The van der Waals surface area contributed by atoms with E-state index in [0.717, 1.165) is 22.4 Å². The molecule has 3 aromatic carbocycles. The zero-order valence-electron chi connectivity index (χ0n) is 17.9. The molecule has 1 heterocycles. The van der Waals surface area contributed by atoms with Crippen LogP contribution < -0.4 is 9.47 Å². The molecule has 1 amide bonds. The lowest BCUT2D eigenvalue weighted by Crippen LogP contribution is -2.34. The van der Waals surface area contributed by atoms with Gasteiger partial charge in [-0.05, 0) is 66.6 Å². The van der Waals surface area contributed by atoms with Gasteiger partial charge in [-0.3, -0.25) is 4.79 Å². The fraction of sp³-hybridized carbons (Fsp3) is 0.200. The molecule has 1 aromatic heterocycles. The van der Waals surface area contributed by atoms with Crippen LogP contribution in [0.2, 0.25) is 5.02 Å². The molecule has 0 bridgehead atoms. The number of aromatic nitrogens is 1. The highest BCUT2D eigenvalue weighted by Gasteiger charge is 2.19. The third kappa shape index (κ3) is 5.39. The number of fused-ring (bicyclic) bond motifs is 1. The van der Waals surface area contributed by atoms with Gasteiger partial charge in [-0.1, -0.05) is 29.8 Å². The number of rotatable bonds is 8. The number of ether oxygens (including phenoxy) is 2. The first-order valence-electron chi connectivity index (χ1n) is 10.2. The number of benzene rings is 3. The second kappa shape index (κ2) is 9.75. The zero-order chi connectivity index (χ0) is 22.5. The van der Waals surface area contributed by atoms with Crippen molar-refractivity contribution in [2.75, 3.05) is 13.7 Å². The molecule has 0 aliphatic carbocycles. The van der Waals surface area contributed by atoms with Crippen LogP contribution in [0.5, 0.6) is 11.5 Å². The van der Waals surface area contributed by atoms with Gasteiger partial charge in [-0.2, -0.15) is 0 Å². The molecular formula is C25H23ClN2O4. The minimum atomic E-state index is -0.186. The lowest BCUT2D eigenvalue weighted by molar-refractivity contribution is -0.135. The number of aryl methyl sites for hydroxylation is 1. The first kappa shape index (κ1) is 21.7. The number of amides is 1. The highest BCUT2D eigenvalue weighted by atomic mass is 35.5. The van der Waals surface area contributed by atoms with E-state index in [-0.39, 0.29) is 19.1 Å². The first-order valence-corrected chi connectivity index (χ1v) is 10.5. The molecule has 0 saturated carbocycles. The highest BCUT2D eigenvalue weighted by molar-refractivity contribution is 6.30. The average molecular weight is 451 g/mol. The normalized spacial score (nSPS) is 10.8. The molecule has 7 heteroatoms. The van der Waals surface area contributed by atoms with Crippen LogP contribution in [0.15, 0.2) is 71.1 Å². The standard InChI is InChI=1S/C25H23ClN2O4/c1-17-3-12-23-22(13-17)27-24(32-23)15-28(14-18-4-8-20(30-2)9-5-18)25(29)16-31-21-10-6-19(26)7-11-21/h3-13H,14-16H2,1-2H3. The summed E-state index contributed by atoms with van der Waals surface area (Å²) in [5.74, 6) is 1.62. The number of nitrogens with zero attached hydrogens (tertiary/aromatic N) is 2. The van der Waals surface area contributed by atoms with Gasteiger partial charge in [0.05, 0.1) is 13.7 Å². The zero-order valence-corrected chi connectivity index (χ0v) is 18.6. The Hall–Kier alpha value is -3.51. The minimum absolute atomic E-state index is 0.114. The molecule has 0 saturated heterocycles. The van der Waals surface area contributed by atoms with Crippen LogP contribution in [0, 0.1) is 6.92 Å². The van der Waals surface area contributed by atoms with Gasteiger partial charge < -0.3 is 18.8 Å². The molecule has 4 rings (SSSR count). The van der Waals surface area contributed by atoms with Gasteiger partial charge in [-0.15, -0.1) is 0 Å². The molecule has 0 N–H and O–H groups in total. The van der Waals surface area contributed by atoms with Crippen molar-refractivity contribution in [3.05, 3.63) is 88.8 Å². The van der Waals surface area contributed by atoms with E-state index >= 15 is 0 Å². The predicted molar refractivity (Wildman–Crippen MR) is 123 cm³/mol. The smallest absolute Gasteiger partial charge is 0.261 e. The van der Waals surface area contributed by atoms with Crippen molar-refractivity contribution in [3.8, 4) is 11.5 Å². The summed E-state index contributed by atoms with van der Waals surface area (Å²) in [5.41, 5.74) is 3.52. The monoisotopic (exact) mass is 450 g/mol. The van der Waals surface area contributed by atoms with Gasteiger partial charge in [0.25, 0.3) is 5.91 Å². The van der Waals surface area contributed by atoms with E-state index in [1.165, 1.54) is 0 Å². The molecule has 6 nitrogen and oxygen atoms in total. The third-order valence-corrected chi connectivity index (χ3v) is 5.23. The molecule has 4 aromatic rings. The first-order chi connectivity index (χ1) is 15.5. The fourth-order valence-electron chi connectivity index (χ4n) is 3.27. The Bertz CT molecular complexity index is 1200. The number of carbonyl (C=O) groups is 1. The molecule has 0 radical (unpaired) electrons. The third-order valence-electron chi connectivity index (χ3n) is 4.97. The largest absolute Gasteiger partial charge is 0.497 e. The van der Waals surface area contributed by atoms with Gasteiger partial charge >= 0.3 is 0 Å². The minimum Gasteiger partial charge on any atom is -0.497 e. The Morgan fingerprint density at radius 1 is 1.00 bits per heavy atom. The number of oxazole rings is 1. The van der Waals surface area contributed by atoms with Gasteiger partial charge in [0.2, 0.25) is 5.89 Å². The van der Waals surface area contributed by atoms with Crippen LogP contribution in [0.1, 0.15) is 17.0 Å². The van der Waals surface area contributed by atoms with Crippen molar-refractivity contribution in [2.24, 2.45) is 0 Å². The van der Waals surface area contributed by atoms with Gasteiger partial charge in [0, 0.05) is 11.6 Å². The van der Waals surface area contributed by atoms with Crippen molar-refractivity contribution >= 4 is 28.6 Å². The van der Waals surface area contributed by atoms with Crippen LogP contribution in [0.25, 0.3) is 11.1 Å². The Balaban J connectivity index is 1.52. The predicted octanol–water partition coefficient (Wildman–Crippen LogP) is 5.41. The van der Waals surface area contributed by atoms with E-state index in [1.807, 2.05) is 49.4 Å². The molecule has 0 spiro atoms.